The smallest absolute Gasteiger partial charge is 0.254 e. The fourth-order valence-corrected chi connectivity index (χ4v) is 1.86. The summed E-state index contributed by atoms with van der Waals surface area (Å²) < 4.78 is 26.9. The molecular weight excluding hydrogens is 286 g/mol. The summed E-state index contributed by atoms with van der Waals surface area (Å²) in [6.07, 6.45) is 1.57. The molecule has 2 rings (SSSR count). The molecule has 0 bridgehead atoms. The summed E-state index contributed by atoms with van der Waals surface area (Å²) in [6.45, 7) is 0.194. The Bertz CT molecular complexity index is 634. The van der Waals surface area contributed by atoms with Crippen LogP contribution in [0.5, 0.6) is 0 Å². The molecule has 0 atom stereocenters. The quantitative estimate of drug-likeness (QED) is 0.881. The summed E-state index contributed by atoms with van der Waals surface area (Å²) in [6, 6.07) is 7.51. The fraction of sp³-hybridized carbons (Fsp3) is 0.143. The highest BCUT2D eigenvalue weighted by Crippen LogP contribution is 2.14. The van der Waals surface area contributed by atoms with Crippen molar-refractivity contribution < 1.29 is 13.6 Å². The van der Waals surface area contributed by atoms with Crippen molar-refractivity contribution in [2.45, 2.75) is 6.42 Å². The summed E-state index contributed by atoms with van der Waals surface area (Å²) in [5, 5.41) is 2.16. The maximum atomic E-state index is 13.6. The van der Waals surface area contributed by atoms with Gasteiger partial charge in [-0.1, -0.05) is 29.8 Å². The van der Waals surface area contributed by atoms with Crippen LogP contribution in [0.4, 0.5) is 8.78 Å². The molecule has 1 aromatic carbocycles. The molecule has 1 N–H and O–H groups in total. The zero-order chi connectivity index (χ0) is 14.5. The van der Waals surface area contributed by atoms with E-state index in [0.717, 1.165) is 0 Å². The molecule has 2 aromatic rings. The first-order valence-corrected chi connectivity index (χ1v) is 6.29. The minimum Gasteiger partial charge on any atom is -0.352 e. The molecule has 0 spiro atoms. The van der Waals surface area contributed by atoms with Gasteiger partial charge < -0.3 is 5.32 Å². The summed E-state index contributed by atoms with van der Waals surface area (Å²) in [4.78, 5) is 15.3. The van der Waals surface area contributed by atoms with Gasteiger partial charge in [0.1, 0.15) is 5.82 Å². The Morgan fingerprint density at radius 2 is 2.00 bits per heavy atom. The summed E-state index contributed by atoms with van der Waals surface area (Å²) in [5.74, 6) is -1.81. The lowest BCUT2D eigenvalue weighted by Gasteiger charge is -2.07. The van der Waals surface area contributed by atoms with E-state index in [1.54, 1.807) is 18.2 Å². The Morgan fingerprint density at radius 3 is 2.75 bits per heavy atom. The number of nitrogens with one attached hydrogen (secondary N) is 1. The molecule has 20 heavy (non-hydrogen) atoms. The minimum atomic E-state index is -0.863. The lowest BCUT2D eigenvalue weighted by molar-refractivity contribution is 0.0950. The number of amides is 1. The highest BCUT2D eigenvalue weighted by molar-refractivity contribution is 6.29. The van der Waals surface area contributed by atoms with Gasteiger partial charge in [-0.15, -0.1) is 0 Å². The minimum absolute atomic E-state index is 0.182. The van der Waals surface area contributed by atoms with E-state index in [9.17, 15) is 13.6 Å². The molecule has 1 aromatic heterocycles. The molecule has 0 radical (unpaired) electrons. The van der Waals surface area contributed by atoms with Gasteiger partial charge in [-0.2, -0.15) is 0 Å². The Balaban J connectivity index is 1.96. The summed E-state index contributed by atoms with van der Waals surface area (Å²) in [7, 11) is 0. The van der Waals surface area contributed by atoms with Crippen LogP contribution in [0.15, 0.2) is 36.5 Å². The monoisotopic (exact) mass is 296 g/mol. The van der Waals surface area contributed by atoms with Crippen molar-refractivity contribution in [3.8, 4) is 0 Å². The van der Waals surface area contributed by atoms with Gasteiger partial charge in [0.25, 0.3) is 5.91 Å². The highest BCUT2D eigenvalue weighted by Gasteiger charge is 2.14. The number of carbonyl (C=O) groups is 1. The van der Waals surface area contributed by atoms with Crippen LogP contribution < -0.4 is 5.32 Å². The van der Waals surface area contributed by atoms with Gasteiger partial charge in [-0.25, -0.2) is 13.8 Å². The van der Waals surface area contributed by atoms with E-state index in [0.29, 0.717) is 12.0 Å². The number of hydrogen-bond donors (Lipinski definition) is 1. The highest BCUT2D eigenvalue weighted by atomic mass is 35.5. The van der Waals surface area contributed by atoms with Gasteiger partial charge in [0.15, 0.2) is 11.0 Å². The average Bonchev–Trinajstić information content (AvgIpc) is 2.44. The molecule has 0 aliphatic rings. The van der Waals surface area contributed by atoms with E-state index in [4.69, 9.17) is 11.6 Å². The van der Waals surface area contributed by atoms with Crippen LogP contribution in [0.2, 0.25) is 5.15 Å². The van der Waals surface area contributed by atoms with E-state index in [-0.39, 0.29) is 23.1 Å². The lowest BCUT2D eigenvalue weighted by atomic mass is 10.1. The maximum absolute atomic E-state index is 13.6. The van der Waals surface area contributed by atoms with Crippen LogP contribution in [-0.4, -0.2) is 17.4 Å². The number of carbonyl (C=O) groups excluding carboxylic acids is 1. The van der Waals surface area contributed by atoms with E-state index in [1.165, 1.54) is 18.3 Å². The van der Waals surface area contributed by atoms with Gasteiger partial charge in [0.05, 0.1) is 5.56 Å². The van der Waals surface area contributed by atoms with Crippen molar-refractivity contribution in [1.82, 2.24) is 10.3 Å². The molecular formula is C14H11ClF2N2O. The standard InChI is InChI=1S/C14H11ClF2N2O/c15-13-12(17)10(6-8-18-13)14(20)19-7-5-9-3-1-2-4-11(9)16/h1-4,6,8H,5,7H2,(H,19,20). The molecule has 0 saturated heterocycles. The van der Waals surface area contributed by atoms with Gasteiger partial charge in [-0.3, -0.25) is 4.79 Å². The first kappa shape index (κ1) is 14.4. The normalized spacial score (nSPS) is 10.3. The molecule has 1 amide bonds. The number of benzene rings is 1. The largest absolute Gasteiger partial charge is 0.352 e. The first-order chi connectivity index (χ1) is 9.59. The predicted molar refractivity (Wildman–Crippen MR) is 71.6 cm³/mol. The Morgan fingerprint density at radius 1 is 1.25 bits per heavy atom. The molecule has 0 aliphatic heterocycles. The number of aromatic nitrogens is 1. The molecule has 6 heteroatoms. The topological polar surface area (TPSA) is 42.0 Å². The lowest BCUT2D eigenvalue weighted by Crippen LogP contribution is -2.27. The molecule has 0 fully saturated rings. The van der Waals surface area contributed by atoms with Gasteiger partial charge in [0.2, 0.25) is 0 Å². The second kappa shape index (κ2) is 6.43. The molecule has 3 nitrogen and oxygen atoms in total. The van der Waals surface area contributed by atoms with E-state index in [2.05, 4.69) is 10.3 Å². The van der Waals surface area contributed by atoms with Crippen molar-refractivity contribution in [3.63, 3.8) is 0 Å². The van der Waals surface area contributed by atoms with Crippen LogP contribution in [0.25, 0.3) is 0 Å². The molecule has 1 heterocycles. The van der Waals surface area contributed by atoms with Crippen molar-refractivity contribution in [2.75, 3.05) is 6.54 Å². The van der Waals surface area contributed by atoms with E-state index >= 15 is 0 Å². The van der Waals surface area contributed by atoms with Crippen molar-refractivity contribution in [2.24, 2.45) is 0 Å². The molecule has 0 saturated carbocycles. The Hall–Kier alpha value is -2.01. The van der Waals surface area contributed by atoms with Crippen LogP contribution >= 0.6 is 11.6 Å². The van der Waals surface area contributed by atoms with Crippen LogP contribution in [0.1, 0.15) is 15.9 Å². The zero-order valence-electron chi connectivity index (χ0n) is 10.4. The third-order valence-electron chi connectivity index (χ3n) is 2.73. The number of hydrogen-bond acceptors (Lipinski definition) is 2. The van der Waals surface area contributed by atoms with Crippen LogP contribution in [-0.2, 0) is 6.42 Å². The Kier molecular flexibility index (Phi) is 4.63. The van der Waals surface area contributed by atoms with Gasteiger partial charge >= 0.3 is 0 Å². The van der Waals surface area contributed by atoms with Crippen LogP contribution in [0, 0.1) is 11.6 Å². The second-order valence-electron chi connectivity index (χ2n) is 4.06. The molecule has 0 unspecified atom stereocenters. The van der Waals surface area contributed by atoms with Gasteiger partial charge in [0, 0.05) is 12.7 Å². The summed E-state index contributed by atoms with van der Waals surface area (Å²) >= 11 is 5.49. The third kappa shape index (κ3) is 3.30. The molecule has 104 valence electrons. The second-order valence-corrected chi connectivity index (χ2v) is 4.42. The number of pyridine rings is 1. The van der Waals surface area contributed by atoms with E-state index < -0.39 is 11.7 Å². The van der Waals surface area contributed by atoms with Crippen molar-refractivity contribution in [1.29, 1.82) is 0 Å². The zero-order valence-corrected chi connectivity index (χ0v) is 11.1. The number of rotatable bonds is 4. The average molecular weight is 297 g/mol. The van der Waals surface area contributed by atoms with Crippen LogP contribution in [0.3, 0.4) is 0 Å². The number of halogens is 3. The predicted octanol–water partition coefficient (Wildman–Crippen LogP) is 2.99. The number of nitrogens with zero attached hydrogens (tertiary/aromatic N) is 1. The fourth-order valence-electron chi connectivity index (χ4n) is 1.70. The molecule has 0 aliphatic carbocycles. The maximum Gasteiger partial charge on any atom is 0.254 e. The SMILES string of the molecule is O=C(NCCc1ccccc1F)c1ccnc(Cl)c1F. The van der Waals surface area contributed by atoms with Crippen molar-refractivity contribution >= 4 is 17.5 Å². The third-order valence-corrected chi connectivity index (χ3v) is 2.99. The van der Waals surface area contributed by atoms with Gasteiger partial charge in [-0.05, 0) is 24.1 Å². The van der Waals surface area contributed by atoms with Crippen molar-refractivity contribution in [3.05, 3.63) is 64.4 Å². The summed E-state index contributed by atoms with van der Waals surface area (Å²) in [5.41, 5.74) is 0.305. The first-order valence-electron chi connectivity index (χ1n) is 5.91. The van der Waals surface area contributed by atoms with E-state index in [1.807, 2.05) is 0 Å². The Labute approximate surface area is 119 Å².